The first kappa shape index (κ1) is 20.9. The van der Waals surface area contributed by atoms with Crippen LogP contribution in [0.4, 0.5) is 10.5 Å². The zero-order chi connectivity index (χ0) is 21.3. The molecule has 0 unspecified atom stereocenters. The number of ether oxygens (including phenoxy) is 1. The Balaban J connectivity index is 1.71. The normalized spacial score (nSPS) is 14.0. The van der Waals surface area contributed by atoms with Gasteiger partial charge in [-0.25, -0.2) is 9.59 Å². The number of rotatable bonds is 5. The molecule has 7 heteroatoms. The summed E-state index contributed by atoms with van der Waals surface area (Å²) in [4.78, 5) is 26.2. The van der Waals surface area contributed by atoms with Crippen molar-refractivity contribution in [2.75, 3.05) is 11.9 Å². The van der Waals surface area contributed by atoms with Gasteiger partial charge in [0.1, 0.15) is 5.75 Å². The number of nitrogens with zero attached hydrogens (tertiary/aromatic N) is 3. The Morgan fingerprint density at radius 1 is 1.21 bits per heavy atom. The molecule has 0 bridgehead atoms. The van der Waals surface area contributed by atoms with Gasteiger partial charge in [0, 0.05) is 30.4 Å². The maximum Gasteiger partial charge on any atom is 0.364 e. The van der Waals surface area contributed by atoms with Crippen LogP contribution >= 0.6 is 0 Å². The standard InChI is InChI=1S/C22H30N4O3/c1-14(2)23-21(28)25(6)16-9-11-17(12-10-16)29-20(27)18-13-19(15-7-8-15)26(24-18)22(3,4)5/h9-15H,7-8H2,1-6H3,(H,23,28). The van der Waals surface area contributed by atoms with Gasteiger partial charge in [0.15, 0.2) is 5.69 Å². The summed E-state index contributed by atoms with van der Waals surface area (Å²) < 4.78 is 7.44. The van der Waals surface area contributed by atoms with E-state index in [-0.39, 0.29) is 17.6 Å². The molecule has 1 aromatic carbocycles. The molecule has 0 atom stereocenters. The molecule has 1 N–H and O–H groups in total. The fraction of sp³-hybridized carbons (Fsp3) is 0.500. The molecular formula is C22H30N4O3. The predicted molar refractivity (Wildman–Crippen MR) is 113 cm³/mol. The number of aromatic nitrogens is 2. The second-order valence-corrected chi connectivity index (χ2v) is 8.86. The molecule has 2 aromatic rings. The van der Waals surface area contributed by atoms with Crippen LogP contribution in [0, 0.1) is 0 Å². The maximum atomic E-state index is 12.6. The van der Waals surface area contributed by atoms with Gasteiger partial charge < -0.3 is 10.1 Å². The fourth-order valence-electron chi connectivity index (χ4n) is 3.06. The van der Waals surface area contributed by atoms with Gasteiger partial charge in [0.2, 0.25) is 0 Å². The number of anilines is 1. The van der Waals surface area contributed by atoms with Gasteiger partial charge in [-0.05, 0) is 77.8 Å². The third-order valence-corrected chi connectivity index (χ3v) is 4.73. The number of urea groups is 1. The highest BCUT2D eigenvalue weighted by Gasteiger charge is 2.33. The van der Waals surface area contributed by atoms with E-state index in [1.54, 1.807) is 31.3 Å². The number of amides is 2. The highest BCUT2D eigenvalue weighted by molar-refractivity contribution is 5.92. The molecule has 1 aromatic heterocycles. The number of carbonyl (C=O) groups is 2. The van der Waals surface area contributed by atoms with Gasteiger partial charge in [-0.2, -0.15) is 5.10 Å². The highest BCUT2D eigenvalue weighted by atomic mass is 16.5. The Hall–Kier alpha value is -2.83. The molecule has 1 saturated carbocycles. The van der Waals surface area contributed by atoms with Crippen molar-refractivity contribution in [1.29, 1.82) is 0 Å². The number of hydrogen-bond donors (Lipinski definition) is 1. The first-order chi connectivity index (χ1) is 13.6. The van der Waals surface area contributed by atoms with E-state index in [4.69, 9.17) is 4.74 Å². The molecule has 1 heterocycles. The summed E-state index contributed by atoms with van der Waals surface area (Å²) in [6, 6.07) is 8.55. The van der Waals surface area contributed by atoms with Crippen LogP contribution in [0.3, 0.4) is 0 Å². The quantitative estimate of drug-likeness (QED) is 0.602. The predicted octanol–water partition coefficient (Wildman–Crippen LogP) is 4.29. The zero-order valence-corrected chi connectivity index (χ0v) is 18.0. The first-order valence-corrected chi connectivity index (χ1v) is 10.0. The highest BCUT2D eigenvalue weighted by Crippen LogP contribution is 2.41. The fourth-order valence-corrected chi connectivity index (χ4v) is 3.06. The summed E-state index contributed by atoms with van der Waals surface area (Å²) in [5, 5.41) is 7.35. The second-order valence-electron chi connectivity index (χ2n) is 8.86. The number of hydrogen-bond acceptors (Lipinski definition) is 4. The third-order valence-electron chi connectivity index (χ3n) is 4.73. The summed E-state index contributed by atoms with van der Waals surface area (Å²) >= 11 is 0. The molecule has 0 saturated heterocycles. The van der Waals surface area contributed by atoms with Crippen molar-refractivity contribution in [3.05, 3.63) is 41.7 Å². The maximum absolute atomic E-state index is 12.6. The van der Waals surface area contributed by atoms with E-state index in [1.165, 1.54) is 4.90 Å². The molecule has 0 aliphatic heterocycles. The first-order valence-electron chi connectivity index (χ1n) is 10.0. The van der Waals surface area contributed by atoms with Gasteiger partial charge in [-0.3, -0.25) is 9.58 Å². The molecule has 3 rings (SSSR count). The molecule has 1 fully saturated rings. The van der Waals surface area contributed by atoms with E-state index < -0.39 is 5.97 Å². The van der Waals surface area contributed by atoms with Crippen LogP contribution in [0.25, 0.3) is 0 Å². The third kappa shape index (κ3) is 4.96. The van der Waals surface area contributed by atoms with Crippen LogP contribution in [-0.4, -0.2) is 34.9 Å². The molecule has 0 radical (unpaired) electrons. The molecule has 2 amide bonds. The minimum absolute atomic E-state index is 0.0543. The van der Waals surface area contributed by atoms with E-state index >= 15 is 0 Å². The van der Waals surface area contributed by atoms with E-state index in [9.17, 15) is 9.59 Å². The van der Waals surface area contributed by atoms with Crippen LogP contribution in [0.5, 0.6) is 5.75 Å². The van der Waals surface area contributed by atoms with Gasteiger partial charge in [0.25, 0.3) is 0 Å². The van der Waals surface area contributed by atoms with Gasteiger partial charge in [-0.1, -0.05) is 0 Å². The van der Waals surface area contributed by atoms with Crippen molar-refractivity contribution < 1.29 is 14.3 Å². The zero-order valence-electron chi connectivity index (χ0n) is 18.0. The Morgan fingerprint density at radius 3 is 2.34 bits per heavy atom. The Kier molecular flexibility index (Phi) is 5.68. The smallest absolute Gasteiger partial charge is 0.364 e. The second kappa shape index (κ2) is 7.89. The van der Waals surface area contributed by atoms with Crippen molar-refractivity contribution >= 4 is 17.7 Å². The SMILES string of the molecule is CC(C)NC(=O)N(C)c1ccc(OC(=O)c2cc(C3CC3)n(C(C)(C)C)n2)cc1. The van der Waals surface area contributed by atoms with Crippen molar-refractivity contribution in [2.24, 2.45) is 0 Å². The number of carbonyl (C=O) groups excluding carboxylic acids is 2. The largest absolute Gasteiger partial charge is 0.422 e. The molecule has 0 spiro atoms. The van der Waals surface area contributed by atoms with Gasteiger partial charge in [-0.15, -0.1) is 0 Å². The van der Waals surface area contributed by atoms with Crippen LogP contribution in [0.15, 0.2) is 30.3 Å². The lowest BCUT2D eigenvalue weighted by Crippen LogP contribution is -2.40. The Labute approximate surface area is 172 Å². The lowest BCUT2D eigenvalue weighted by molar-refractivity contribution is 0.0726. The number of esters is 1. The van der Waals surface area contributed by atoms with E-state index in [1.807, 2.05) is 24.6 Å². The molecule has 1 aliphatic carbocycles. The van der Waals surface area contributed by atoms with Crippen LogP contribution < -0.4 is 15.0 Å². The minimum atomic E-state index is -0.478. The lowest BCUT2D eigenvalue weighted by Gasteiger charge is -2.22. The summed E-state index contributed by atoms with van der Waals surface area (Å²) in [7, 11) is 1.69. The van der Waals surface area contributed by atoms with Crippen molar-refractivity contribution in [3.63, 3.8) is 0 Å². The summed E-state index contributed by atoms with van der Waals surface area (Å²) in [5.74, 6) is 0.415. The molecule has 156 valence electrons. The topological polar surface area (TPSA) is 76.5 Å². The minimum Gasteiger partial charge on any atom is -0.422 e. The Bertz CT molecular complexity index is 890. The average Bonchev–Trinajstić information content (AvgIpc) is 3.37. The van der Waals surface area contributed by atoms with Gasteiger partial charge in [0.05, 0.1) is 5.54 Å². The van der Waals surface area contributed by atoms with Gasteiger partial charge >= 0.3 is 12.0 Å². The molecule has 29 heavy (non-hydrogen) atoms. The van der Waals surface area contributed by atoms with Crippen molar-refractivity contribution in [3.8, 4) is 5.75 Å². The van der Waals surface area contributed by atoms with E-state index in [2.05, 4.69) is 31.2 Å². The average molecular weight is 399 g/mol. The van der Waals surface area contributed by atoms with E-state index in [0.29, 0.717) is 23.0 Å². The Morgan fingerprint density at radius 2 is 1.83 bits per heavy atom. The van der Waals surface area contributed by atoms with Crippen molar-refractivity contribution in [2.45, 2.75) is 65.0 Å². The van der Waals surface area contributed by atoms with Crippen LogP contribution in [-0.2, 0) is 5.54 Å². The summed E-state index contributed by atoms with van der Waals surface area (Å²) in [6.45, 7) is 10.0. The van der Waals surface area contributed by atoms with Crippen LogP contribution in [0.2, 0.25) is 0 Å². The monoisotopic (exact) mass is 398 g/mol. The lowest BCUT2D eigenvalue weighted by atomic mass is 10.1. The molecular weight excluding hydrogens is 368 g/mol. The number of benzene rings is 1. The summed E-state index contributed by atoms with van der Waals surface area (Å²) in [5.41, 5.74) is 1.92. The summed E-state index contributed by atoms with van der Waals surface area (Å²) in [6.07, 6.45) is 2.27. The molecule has 7 nitrogen and oxygen atoms in total. The van der Waals surface area contributed by atoms with E-state index in [0.717, 1.165) is 18.5 Å². The van der Waals surface area contributed by atoms with Crippen LogP contribution in [0.1, 0.15) is 69.6 Å². The number of nitrogens with one attached hydrogen (secondary N) is 1. The van der Waals surface area contributed by atoms with Crippen molar-refractivity contribution in [1.82, 2.24) is 15.1 Å². The molecule has 1 aliphatic rings.